The van der Waals surface area contributed by atoms with Gasteiger partial charge in [0.15, 0.2) is 5.82 Å². The number of methoxy groups -OCH3 is 1. The SMILES string of the molecule is C#Cc1c(F)ccc2cc(O)cc(-c3c(F)c4nc(OCC5(CN6CC7(CCOC7)C6)CC5)nc(N5[C@@H]6CC[C@H]5CN(CCCOC)C6)c4c4cn(C)nc34)c12. The van der Waals surface area contributed by atoms with E-state index in [-0.39, 0.29) is 51.5 Å². The fourth-order valence-corrected chi connectivity index (χ4v) is 10.3. The van der Waals surface area contributed by atoms with E-state index in [1.807, 2.05) is 6.20 Å². The van der Waals surface area contributed by atoms with Crippen molar-refractivity contribution in [1.29, 1.82) is 0 Å². The van der Waals surface area contributed by atoms with Gasteiger partial charge < -0.3 is 29.1 Å². The Bertz CT molecular complexity index is 2400. The van der Waals surface area contributed by atoms with E-state index in [0.717, 1.165) is 91.0 Å². The van der Waals surface area contributed by atoms with E-state index in [9.17, 15) is 5.11 Å². The highest BCUT2D eigenvalue weighted by Crippen LogP contribution is 2.51. The summed E-state index contributed by atoms with van der Waals surface area (Å²) in [6.07, 6.45) is 13.9. The normalized spacial score (nSPS) is 22.7. The highest BCUT2D eigenvalue weighted by molar-refractivity contribution is 6.18. The molecule has 11 nitrogen and oxygen atoms in total. The topological polar surface area (TPSA) is 101 Å². The van der Waals surface area contributed by atoms with Gasteiger partial charge in [0.05, 0.1) is 24.2 Å². The van der Waals surface area contributed by atoms with Crippen molar-refractivity contribution in [1.82, 2.24) is 29.5 Å². The number of halogens is 2. The van der Waals surface area contributed by atoms with Gasteiger partial charge in [0.2, 0.25) is 0 Å². The molecular formula is C43H47F2N7O4. The molecule has 2 aromatic heterocycles. The second-order valence-corrected chi connectivity index (χ2v) is 17.1. The molecule has 3 aromatic carbocycles. The summed E-state index contributed by atoms with van der Waals surface area (Å²) in [6, 6.07) is 6.20. The summed E-state index contributed by atoms with van der Waals surface area (Å²) < 4.78 is 52.4. The van der Waals surface area contributed by atoms with Crippen LogP contribution in [0.4, 0.5) is 14.6 Å². The Labute approximate surface area is 324 Å². The van der Waals surface area contributed by atoms with Gasteiger partial charge in [-0.15, -0.1) is 6.42 Å². The van der Waals surface area contributed by atoms with Gasteiger partial charge in [-0.05, 0) is 67.7 Å². The fourth-order valence-electron chi connectivity index (χ4n) is 10.3. The predicted octanol–water partition coefficient (Wildman–Crippen LogP) is 5.87. The lowest BCUT2D eigenvalue weighted by atomic mass is 9.78. The van der Waals surface area contributed by atoms with Crippen LogP contribution >= 0.6 is 0 Å². The number of anilines is 1. The molecule has 5 aromatic rings. The van der Waals surface area contributed by atoms with Gasteiger partial charge >= 0.3 is 6.01 Å². The lowest BCUT2D eigenvalue weighted by Gasteiger charge is -2.48. The van der Waals surface area contributed by atoms with Crippen LogP contribution < -0.4 is 9.64 Å². The number of likely N-dealkylation sites (tertiary alicyclic amines) is 2. The number of terminal acetylenes is 1. The number of ether oxygens (including phenoxy) is 3. The minimum Gasteiger partial charge on any atom is -0.508 e. The number of benzene rings is 3. The van der Waals surface area contributed by atoms with Crippen LogP contribution in [-0.4, -0.2) is 120 Å². The fraction of sp³-hybridized carbons (Fsp3) is 0.512. The van der Waals surface area contributed by atoms with Gasteiger partial charge in [-0.3, -0.25) is 9.58 Å². The van der Waals surface area contributed by atoms with Crippen molar-refractivity contribution in [2.75, 3.05) is 77.7 Å². The summed E-state index contributed by atoms with van der Waals surface area (Å²) in [7, 11) is 3.52. The number of aromatic hydroxyl groups is 1. The number of rotatable bonds is 11. The number of phenols is 1. The van der Waals surface area contributed by atoms with Crippen molar-refractivity contribution >= 4 is 38.4 Å². The Morgan fingerprint density at radius 1 is 1.04 bits per heavy atom. The number of hydrogen-bond donors (Lipinski definition) is 1. The van der Waals surface area contributed by atoms with Crippen LogP contribution in [0.1, 0.15) is 44.1 Å². The van der Waals surface area contributed by atoms with Crippen LogP contribution in [0.2, 0.25) is 0 Å². The van der Waals surface area contributed by atoms with Crippen LogP contribution in [-0.2, 0) is 16.5 Å². The molecule has 10 rings (SSSR count). The Balaban J connectivity index is 1.10. The lowest BCUT2D eigenvalue weighted by Crippen LogP contribution is -2.58. The quantitative estimate of drug-likeness (QED) is 0.130. The van der Waals surface area contributed by atoms with Crippen molar-refractivity contribution in [2.24, 2.45) is 17.9 Å². The molecule has 0 radical (unpaired) electrons. The number of hydrogen-bond acceptors (Lipinski definition) is 10. The maximum Gasteiger partial charge on any atom is 0.319 e. The van der Waals surface area contributed by atoms with Gasteiger partial charge in [0, 0.05) is 112 Å². The average Bonchev–Trinajstić information content (AvgIpc) is 3.41. The molecule has 0 unspecified atom stereocenters. The molecule has 4 saturated heterocycles. The summed E-state index contributed by atoms with van der Waals surface area (Å²) in [5.74, 6) is 1.74. The van der Waals surface area contributed by atoms with Crippen molar-refractivity contribution < 1.29 is 28.1 Å². The molecule has 0 amide bonds. The van der Waals surface area contributed by atoms with Gasteiger partial charge in [0.1, 0.15) is 28.4 Å². The van der Waals surface area contributed by atoms with Crippen LogP contribution in [0.15, 0.2) is 30.5 Å². The molecule has 1 saturated carbocycles. The van der Waals surface area contributed by atoms with Crippen molar-refractivity contribution in [3.8, 4) is 35.2 Å². The second-order valence-electron chi connectivity index (χ2n) is 17.1. The van der Waals surface area contributed by atoms with E-state index in [1.54, 1.807) is 18.8 Å². The minimum atomic E-state index is -0.657. The number of aromatic nitrogens is 4. The van der Waals surface area contributed by atoms with E-state index in [1.165, 1.54) is 24.3 Å². The molecule has 1 N–H and O–H groups in total. The molecule has 1 spiro atoms. The van der Waals surface area contributed by atoms with E-state index >= 15 is 8.78 Å². The molecule has 2 atom stereocenters. The Morgan fingerprint density at radius 3 is 2.55 bits per heavy atom. The zero-order valence-electron chi connectivity index (χ0n) is 32.0. The maximum atomic E-state index is 17.8. The summed E-state index contributed by atoms with van der Waals surface area (Å²) in [5, 5.41) is 17.7. The van der Waals surface area contributed by atoms with Gasteiger partial charge in [-0.2, -0.15) is 15.1 Å². The van der Waals surface area contributed by atoms with E-state index in [2.05, 4.69) is 20.6 Å². The van der Waals surface area contributed by atoms with Gasteiger partial charge in [-0.25, -0.2) is 8.78 Å². The highest BCUT2D eigenvalue weighted by Gasteiger charge is 2.52. The zero-order chi connectivity index (χ0) is 38.3. The third-order valence-electron chi connectivity index (χ3n) is 13.0. The minimum absolute atomic E-state index is 0.000400. The molecule has 13 heteroatoms. The number of nitrogens with zero attached hydrogens (tertiary/aromatic N) is 7. The molecule has 1 aliphatic carbocycles. The Morgan fingerprint density at radius 2 is 1.84 bits per heavy atom. The molecule has 2 bridgehead atoms. The van der Waals surface area contributed by atoms with E-state index < -0.39 is 11.6 Å². The van der Waals surface area contributed by atoms with Crippen molar-refractivity contribution in [3.05, 3.63) is 47.7 Å². The zero-order valence-corrected chi connectivity index (χ0v) is 32.0. The Kier molecular flexibility index (Phi) is 8.63. The average molecular weight is 764 g/mol. The van der Waals surface area contributed by atoms with Crippen molar-refractivity contribution in [2.45, 2.75) is 50.6 Å². The number of piperazine rings is 1. The first kappa shape index (κ1) is 35.8. The summed E-state index contributed by atoms with van der Waals surface area (Å²) >= 11 is 0. The number of aryl methyl sites for hydroxylation is 1. The molecule has 292 valence electrons. The van der Waals surface area contributed by atoms with Gasteiger partial charge in [-0.1, -0.05) is 12.0 Å². The number of phenolic OH excluding ortho intramolecular Hbond substituents is 1. The van der Waals surface area contributed by atoms with Gasteiger partial charge in [0.25, 0.3) is 0 Å². The molecule has 5 fully saturated rings. The number of fused-ring (bicyclic) bond motifs is 6. The molecule has 5 aliphatic rings. The predicted molar refractivity (Wildman–Crippen MR) is 210 cm³/mol. The molecule has 6 heterocycles. The van der Waals surface area contributed by atoms with Crippen LogP contribution in [0, 0.1) is 34.8 Å². The monoisotopic (exact) mass is 763 g/mol. The second kappa shape index (κ2) is 13.5. The first-order chi connectivity index (χ1) is 27.2. The molecule has 56 heavy (non-hydrogen) atoms. The summed E-state index contributed by atoms with van der Waals surface area (Å²) in [4.78, 5) is 17.4. The van der Waals surface area contributed by atoms with E-state index in [0.29, 0.717) is 51.5 Å². The third kappa shape index (κ3) is 5.95. The first-order valence-electron chi connectivity index (χ1n) is 19.9. The largest absolute Gasteiger partial charge is 0.508 e. The maximum absolute atomic E-state index is 17.8. The van der Waals surface area contributed by atoms with Crippen LogP contribution in [0.3, 0.4) is 0 Å². The third-order valence-corrected chi connectivity index (χ3v) is 13.0. The summed E-state index contributed by atoms with van der Waals surface area (Å²) in [6.45, 7) is 8.56. The molecule has 4 aliphatic heterocycles. The highest BCUT2D eigenvalue weighted by atomic mass is 19.1. The lowest BCUT2D eigenvalue weighted by molar-refractivity contribution is -0.0239. The van der Waals surface area contributed by atoms with Crippen LogP contribution in [0.25, 0.3) is 43.7 Å². The Hall–Kier alpha value is -4.61. The van der Waals surface area contributed by atoms with Crippen molar-refractivity contribution in [3.63, 3.8) is 0 Å². The first-order valence-corrected chi connectivity index (χ1v) is 19.9. The standard InChI is InChI=1S/C43H47F2N7O4/c1-4-30-33(44)9-6-26-16-29(53)17-31(34(26)30)35-37(45)39-36(32-20-49(2)48-38(32)35)40(52-27-7-8-28(52)19-50(18-27)13-5-14-54-3)47-41(46-39)56-25-42(10-11-42)21-51-22-43(23-51)12-15-55-24-43/h1,6,9,16-17,20,27-28,53H,5,7-8,10-15,18-19,21-25H2,2-3H3/t27-,28+. The van der Waals surface area contributed by atoms with Crippen LogP contribution in [0.5, 0.6) is 11.8 Å². The smallest absolute Gasteiger partial charge is 0.319 e. The summed E-state index contributed by atoms with van der Waals surface area (Å²) in [5.41, 5.74) is 1.04. The van der Waals surface area contributed by atoms with E-state index in [4.69, 9.17) is 35.7 Å². The molecular weight excluding hydrogens is 717 g/mol.